The maximum absolute atomic E-state index is 13.3. The van der Waals surface area contributed by atoms with E-state index >= 15 is 0 Å². The van der Waals surface area contributed by atoms with Crippen LogP contribution in [0.2, 0.25) is 0 Å². The Labute approximate surface area is 200 Å². The normalized spacial score (nSPS) is 11.1. The number of nitrogens with one attached hydrogen (secondary N) is 2. The molecular formula is C28H41FN4. The fraction of sp³-hybridized carbons (Fsp3) is 0.429. The zero-order valence-electron chi connectivity index (χ0n) is 21.1. The second kappa shape index (κ2) is 15.0. The van der Waals surface area contributed by atoms with E-state index < -0.39 is 0 Å². The Morgan fingerprint density at radius 2 is 1.58 bits per heavy atom. The van der Waals surface area contributed by atoms with Crippen LogP contribution in [0.15, 0.2) is 50.2 Å². The zero-order valence-corrected chi connectivity index (χ0v) is 21.1. The van der Waals surface area contributed by atoms with Gasteiger partial charge in [-0.2, -0.15) is 0 Å². The van der Waals surface area contributed by atoms with Crippen LogP contribution in [0.5, 0.6) is 0 Å². The summed E-state index contributed by atoms with van der Waals surface area (Å²) < 4.78 is 13.3. The molecule has 1 atom stereocenters. The molecule has 5 heteroatoms. The summed E-state index contributed by atoms with van der Waals surface area (Å²) in [6.07, 6.45) is 5.81. The number of halogens is 1. The van der Waals surface area contributed by atoms with E-state index in [9.17, 15) is 4.39 Å². The molecular weight excluding hydrogens is 411 g/mol. The molecule has 33 heavy (non-hydrogen) atoms. The summed E-state index contributed by atoms with van der Waals surface area (Å²) in [4.78, 5) is 9.16. The standard InChI is InChI=1S/C25H33FN4.C3H8/c1-7-27-16-14-22(17(2)23-10-12-24(26)13-11-23)9-8-15-28-20(5)25-21(6)29-18(3)19(4)30-25;1-3-2/h7,10-13,22,27-28H,1-2,5,8-9,14-16H2,3-4,6H3;3H2,1-2H3. The first kappa shape index (κ1) is 28.1. The smallest absolute Gasteiger partial charge is 0.123 e. The van der Waals surface area contributed by atoms with E-state index in [0.29, 0.717) is 5.92 Å². The van der Waals surface area contributed by atoms with Gasteiger partial charge in [0.1, 0.15) is 11.5 Å². The first-order valence-corrected chi connectivity index (χ1v) is 11.8. The van der Waals surface area contributed by atoms with Crippen molar-refractivity contribution >= 4 is 11.3 Å². The van der Waals surface area contributed by atoms with Crippen LogP contribution >= 0.6 is 0 Å². The Bertz CT molecular complexity index is 903. The molecule has 0 saturated heterocycles. The van der Waals surface area contributed by atoms with E-state index in [2.05, 4.69) is 54.2 Å². The molecule has 0 spiro atoms. The molecule has 1 aromatic heterocycles. The van der Waals surface area contributed by atoms with E-state index in [1.54, 1.807) is 18.3 Å². The lowest BCUT2D eigenvalue weighted by Crippen LogP contribution is -2.18. The first-order valence-electron chi connectivity index (χ1n) is 11.8. The number of benzene rings is 1. The second-order valence-electron chi connectivity index (χ2n) is 8.26. The molecule has 0 aliphatic carbocycles. The van der Waals surface area contributed by atoms with Crippen molar-refractivity contribution in [2.75, 3.05) is 13.1 Å². The number of rotatable bonds is 12. The molecule has 1 heterocycles. The Hall–Kier alpha value is -2.95. The molecule has 0 aliphatic rings. The van der Waals surface area contributed by atoms with E-state index in [0.717, 1.165) is 72.0 Å². The third-order valence-corrected chi connectivity index (χ3v) is 5.32. The van der Waals surface area contributed by atoms with Gasteiger partial charge in [-0.25, -0.2) is 9.37 Å². The predicted octanol–water partition coefficient (Wildman–Crippen LogP) is 6.75. The molecule has 0 aliphatic heterocycles. The highest BCUT2D eigenvalue weighted by Gasteiger charge is 2.15. The molecule has 1 unspecified atom stereocenters. The summed E-state index contributed by atoms with van der Waals surface area (Å²) in [5.74, 6) is 0.0602. The molecule has 4 nitrogen and oxygen atoms in total. The van der Waals surface area contributed by atoms with E-state index in [1.807, 2.05) is 20.8 Å². The Kier molecular flexibility index (Phi) is 12.8. The van der Waals surface area contributed by atoms with Crippen molar-refractivity contribution in [2.24, 2.45) is 5.92 Å². The molecule has 0 saturated carbocycles. The van der Waals surface area contributed by atoms with Gasteiger partial charge >= 0.3 is 0 Å². The van der Waals surface area contributed by atoms with Gasteiger partial charge in [0.2, 0.25) is 0 Å². The molecule has 2 aromatic rings. The minimum atomic E-state index is -0.233. The van der Waals surface area contributed by atoms with Gasteiger partial charge in [-0.1, -0.05) is 52.1 Å². The minimum absolute atomic E-state index is 0.233. The predicted molar refractivity (Wildman–Crippen MR) is 140 cm³/mol. The summed E-state index contributed by atoms with van der Waals surface area (Å²) in [6, 6.07) is 6.57. The number of aromatic nitrogens is 2. The number of hydrogen-bond donors (Lipinski definition) is 2. The van der Waals surface area contributed by atoms with Gasteiger partial charge in [0.05, 0.1) is 22.8 Å². The highest BCUT2D eigenvalue weighted by molar-refractivity contribution is 5.65. The van der Waals surface area contributed by atoms with E-state index in [1.165, 1.54) is 18.6 Å². The second-order valence-corrected chi connectivity index (χ2v) is 8.26. The SMILES string of the molecule is C=CNCCC(CCCNC(=C)c1nc(C)c(C)nc1C)C(=C)c1ccc(F)cc1.CCC. The minimum Gasteiger partial charge on any atom is -0.391 e. The van der Waals surface area contributed by atoms with Gasteiger partial charge in [0.15, 0.2) is 0 Å². The summed E-state index contributed by atoms with van der Waals surface area (Å²) in [6.45, 7) is 23.9. The third-order valence-electron chi connectivity index (χ3n) is 5.32. The molecule has 0 fully saturated rings. The highest BCUT2D eigenvalue weighted by Crippen LogP contribution is 2.28. The van der Waals surface area contributed by atoms with Crippen LogP contribution in [-0.2, 0) is 0 Å². The van der Waals surface area contributed by atoms with Crippen LogP contribution < -0.4 is 10.6 Å². The van der Waals surface area contributed by atoms with Crippen molar-refractivity contribution in [2.45, 2.75) is 60.3 Å². The number of hydrogen-bond acceptors (Lipinski definition) is 4. The van der Waals surface area contributed by atoms with Crippen LogP contribution in [0.1, 0.15) is 67.9 Å². The van der Waals surface area contributed by atoms with Gasteiger partial charge in [-0.3, -0.25) is 4.98 Å². The average Bonchev–Trinajstić information content (AvgIpc) is 2.78. The Balaban J connectivity index is 0.00000172. The maximum Gasteiger partial charge on any atom is 0.123 e. The summed E-state index contributed by atoms with van der Waals surface area (Å²) in [5, 5.41) is 6.55. The summed E-state index contributed by atoms with van der Waals surface area (Å²) in [7, 11) is 0. The first-order chi connectivity index (χ1) is 15.7. The van der Waals surface area contributed by atoms with Crippen molar-refractivity contribution in [3.8, 4) is 0 Å². The van der Waals surface area contributed by atoms with Gasteiger partial charge in [0, 0.05) is 13.1 Å². The molecule has 2 N–H and O–H groups in total. The van der Waals surface area contributed by atoms with Gasteiger partial charge in [-0.05, 0) is 75.4 Å². The highest BCUT2D eigenvalue weighted by atomic mass is 19.1. The molecule has 1 aromatic carbocycles. The van der Waals surface area contributed by atoms with Crippen molar-refractivity contribution in [1.29, 1.82) is 0 Å². The summed E-state index contributed by atoms with van der Waals surface area (Å²) in [5.41, 5.74) is 6.39. The van der Waals surface area contributed by atoms with Crippen molar-refractivity contribution < 1.29 is 4.39 Å². The molecule has 0 radical (unpaired) electrons. The number of allylic oxidation sites excluding steroid dienone is 1. The topological polar surface area (TPSA) is 49.8 Å². The van der Waals surface area contributed by atoms with Crippen LogP contribution in [-0.4, -0.2) is 23.1 Å². The Morgan fingerprint density at radius 1 is 0.970 bits per heavy atom. The quantitative estimate of drug-likeness (QED) is 0.350. The zero-order chi connectivity index (χ0) is 24.8. The number of aryl methyl sites for hydroxylation is 3. The van der Waals surface area contributed by atoms with Crippen LogP contribution in [0.4, 0.5) is 4.39 Å². The van der Waals surface area contributed by atoms with Crippen molar-refractivity contribution in [1.82, 2.24) is 20.6 Å². The number of nitrogens with zero attached hydrogens (tertiary/aromatic N) is 2. The van der Waals surface area contributed by atoms with Crippen LogP contribution in [0.3, 0.4) is 0 Å². The van der Waals surface area contributed by atoms with Gasteiger partial charge in [0.25, 0.3) is 0 Å². The van der Waals surface area contributed by atoms with Gasteiger partial charge < -0.3 is 10.6 Å². The van der Waals surface area contributed by atoms with Gasteiger partial charge in [-0.15, -0.1) is 0 Å². The fourth-order valence-electron chi connectivity index (χ4n) is 3.42. The van der Waals surface area contributed by atoms with Crippen LogP contribution in [0, 0.1) is 32.5 Å². The molecule has 0 amide bonds. The Morgan fingerprint density at radius 3 is 2.18 bits per heavy atom. The molecule has 2 rings (SSSR count). The molecule has 0 bridgehead atoms. The maximum atomic E-state index is 13.3. The van der Waals surface area contributed by atoms with E-state index in [4.69, 9.17) is 0 Å². The van der Waals surface area contributed by atoms with Crippen molar-refractivity contribution in [3.63, 3.8) is 0 Å². The van der Waals surface area contributed by atoms with Crippen LogP contribution in [0.25, 0.3) is 11.3 Å². The summed E-state index contributed by atoms with van der Waals surface area (Å²) >= 11 is 0. The largest absolute Gasteiger partial charge is 0.391 e. The lowest BCUT2D eigenvalue weighted by atomic mass is 9.87. The fourth-order valence-corrected chi connectivity index (χ4v) is 3.42. The lowest BCUT2D eigenvalue weighted by Gasteiger charge is -2.21. The monoisotopic (exact) mass is 452 g/mol. The average molecular weight is 453 g/mol. The van der Waals surface area contributed by atoms with E-state index in [-0.39, 0.29) is 5.82 Å². The third kappa shape index (κ3) is 9.60. The van der Waals surface area contributed by atoms with Crippen molar-refractivity contribution in [3.05, 3.63) is 84.4 Å². The lowest BCUT2D eigenvalue weighted by molar-refractivity contribution is 0.524. The molecule has 180 valence electrons.